The molecule has 2 unspecified atom stereocenters. The van der Waals surface area contributed by atoms with Gasteiger partial charge in [0.25, 0.3) is 0 Å². The van der Waals surface area contributed by atoms with Gasteiger partial charge in [-0.25, -0.2) is 0 Å². The summed E-state index contributed by atoms with van der Waals surface area (Å²) in [6.07, 6.45) is 2.49. The minimum atomic E-state index is -0.433. The first kappa shape index (κ1) is 16.4. The summed E-state index contributed by atoms with van der Waals surface area (Å²) in [5, 5.41) is 2.98. The summed E-state index contributed by atoms with van der Waals surface area (Å²) < 4.78 is 10.7. The van der Waals surface area contributed by atoms with Gasteiger partial charge in [0, 0.05) is 26.4 Å². The van der Waals surface area contributed by atoms with E-state index in [0.717, 1.165) is 19.3 Å². The Hall–Kier alpha value is -0.650. The fraction of sp³-hybridized carbons (Fsp3) is 0.929. The molecular formula is C14H28N2O3. The number of ether oxygens (including phenoxy) is 2. The van der Waals surface area contributed by atoms with Crippen molar-refractivity contribution in [3.05, 3.63) is 0 Å². The van der Waals surface area contributed by atoms with E-state index in [1.807, 2.05) is 20.8 Å². The van der Waals surface area contributed by atoms with Crippen LogP contribution >= 0.6 is 0 Å². The van der Waals surface area contributed by atoms with Crippen molar-refractivity contribution in [3.8, 4) is 0 Å². The molecule has 0 saturated carbocycles. The maximum Gasteiger partial charge on any atom is 0.237 e. The molecule has 1 heterocycles. The molecule has 0 bridgehead atoms. The average molecular weight is 272 g/mol. The number of methoxy groups -OCH3 is 1. The molecule has 19 heavy (non-hydrogen) atoms. The van der Waals surface area contributed by atoms with E-state index in [9.17, 15) is 4.79 Å². The van der Waals surface area contributed by atoms with Crippen LogP contribution in [0.4, 0.5) is 0 Å². The lowest BCUT2D eigenvalue weighted by Gasteiger charge is -2.30. The quantitative estimate of drug-likeness (QED) is 0.758. The van der Waals surface area contributed by atoms with Gasteiger partial charge in [0.2, 0.25) is 5.91 Å². The normalized spacial score (nSPS) is 20.9. The second-order valence-corrected chi connectivity index (χ2v) is 6.05. The Kier molecular flexibility index (Phi) is 6.23. The van der Waals surface area contributed by atoms with Gasteiger partial charge in [-0.1, -0.05) is 0 Å². The summed E-state index contributed by atoms with van der Waals surface area (Å²) in [6, 6.07) is -0.384. The van der Waals surface area contributed by atoms with Crippen LogP contribution in [0.25, 0.3) is 0 Å². The first-order chi connectivity index (χ1) is 8.85. The molecule has 112 valence electrons. The molecular weight excluding hydrogens is 244 g/mol. The Morgan fingerprint density at radius 2 is 2.05 bits per heavy atom. The number of hydrogen-bond acceptors (Lipinski definition) is 4. The molecule has 1 fully saturated rings. The van der Waals surface area contributed by atoms with Crippen molar-refractivity contribution in [3.63, 3.8) is 0 Å². The first-order valence-corrected chi connectivity index (χ1v) is 7.04. The third-order valence-electron chi connectivity index (χ3n) is 3.82. The van der Waals surface area contributed by atoms with Crippen molar-refractivity contribution in [1.82, 2.24) is 5.32 Å². The Labute approximate surface area is 116 Å². The number of hydrogen-bond donors (Lipinski definition) is 2. The van der Waals surface area contributed by atoms with Gasteiger partial charge in [-0.05, 0) is 46.0 Å². The van der Waals surface area contributed by atoms with E-state index in [-0.39, 0.29) is 23.5 Å². The minimum absolute atomic E-state index is 0.0494. The second-order valence-electron chi connectivity index (χ2n) is 6.05. The van der Waals surface area contributed by atoms with E-state index >= 15 is 0 Å². The standard InChI is InChI=1S/C14H28N2O3/c1-10(9-14(2,3)18-4)16-13(17)12(15)11-5-7-19-8-6-11/h10-12H,5-9,15H2,1-4H3,(H,16,17). The first-order valence-electron chi connectivity index (χ1n) is 7.04. The van der Waals surface area contributed by atoms with Crippen LogP contribution in [0.15, 0.2) is 0 Å². The third kappa shape index (κ3) is 5.47. The second kappa shape index (κ2) is 7.22. The molecule has 0 aromatic heterocycles. The van der Waals surface area contributed by atoms with Crippen molar-refractivity contribution in [2.24, 2.45) is 11.7 Å². The van der Waals surface area contributed by atoms with Gasteiger partial charge >= 0.3 is 0 Å². The van der Waals surface area contributed by atoms with Crippen LogP contribution in [0, 0.1) is 5.92 Å². The highest BCUT2D eigenvalue weighted by Crippen LogP contribution is 2.19. The number of amides is 1. The molecule has 1 aliphatic heterocycles. The molecule has 5 heteroatoms. The molecule has 1 saturated heterocycles. The zero-order chi connectivity index (χ0) is 14.5. The smallest absolute Gasteiger partial charge is 0.237 e. The van der Waals surface area contributed by atoms with Crippen molar-refractivity contribution < 1.29 is 14.3 Å². The van der Waals surface area contributed by atoms with E-state index in [1.165, 1.54) is 0 Å². The van der Waals surface area contributed by atoms with Gasteiger partial charge in [0.05, 0.1) is 11.6 Å². The summed E-state index contributed by atoms with van der Waals surface area (Å²) in [7, 11) is 1.68. The van der Waals surface area contributed by atoms with Gasteiger partial charge < -0.3 is 20.5 Å². The zero-order valence-electron chi connectivity index (χ0n) is 12.6. The molecule has 3 N–H and O–H groups in total. The highest BCUT2D eigenvalue weighted by Gasteiger charge is 2.28. The van der Waals surface area contributed by atoms with E-state index in [0.29, 0.717) is 13.2 Å². The lowest BCUT2D eigenvalue weighted by molar-refractivity contribution is -0.125. The Morgan fingerprint density at radius 3 is 2.58 bits per heavy atom. The van der Waals surface area contributed by atoms with Gasteiger partial charge in [0.15, 0.2) is 0 Å². The van der Waals surface area contributed by atoms with Crippen molar-refractivity contribution in [2.75, 3.05) is 20.3 Å². The number of nitrogens with two attached hydrogens (primary N) is 1. The van der Waals surface area contributed by atoms with E-state index in [4.69, 9.17) is 15.2 Å². The van der Waals surface area contributed by atoms with Gasteiger partial charge in [0.1, 0.15) is 0 Å². The molecule has 1 aliphatic rings. The molecule has 0 aliphatic carbocycles. The highest BCUT2D eigenvalue weighted by atomic mass is 16.5. The maximum absolute atomic E-state index is 12.1. The van der Waals surface area contributed by atoms with Gasteiger partial charge in [-0.15, -0.1) is 0 Å². The topological polar surface area (TPSA) is 73.6 Å². The van der Waals surface area contributed by atoms with Crippen LogP contribution in [0.3, 0.4) is 0 Å². The molecule has 0 spiro atoms. The molecule has 0 aromatic rings. The van der Waals surface area contributed by atoms with E-state index < -0.39 is 6.04 Å². The lowest BCUT2D eigenvalue weighted by Crippen LogP contribution is -2.50. The maximum atomic E-state index is 12.1. The van der Waals surface area contributed by atoms with Crippen LogP contribution in [0.5, 0.6) is 0 Å². The van der Waals surface area contributed by atoms with Gasteiger partial charge in [-0.3, -0.25) is 4.79 Å². The summed E-state index contributed by atoms with van der Waals surface area (Å²) >= 11 is 0. The minimum Gasteiger partial charge on any atom is -0.381 e. The van der Waals surface area contributed by atoms with Crippen LogP contribution in [-0.2, 0) is 14.3 Å². The predicted molar refractivity (Wildman–Crippen MR) is 74.8 cm³/mol. The molecule has 0 radical (unpaired) electrons. The fourth-order valence-electron chi connectivity index (χ4n) is 2.50. The van der Waals surface area contributed by atoms with Crippen LogP contribution < -0.4 is 11.1 Å². The van der Waals surface area contributed by atoms with Crippen LogP contribution in [-0.4, -0.2) is 43.9 Å². The largest absolute Gasteiger partial charge is 0.381 e. The van der Waals surface area contributed by atoms with Crippen LogP contribution in [0.1, 0.15) is 40.0 Å². The summed E-state index contributed by atoms with van der Waals surface area (Å²) in [5.74, 6) is 0.169. The number of rotatable bonds is 6. The van der Waals surface area contributed by atoms with Gasteiger partial charge in [-0.2, -0.15) is 0 Å². The van der Waals surface area contributed by atoms with Crippen molar-refractivity contribution in [2.45, 2.75) is 57.7 Å². The van der Waals surface area contributed by atoms with E-state index in [1.54, 1.807) is 7.11 Å². The number of carbonyl (C=O) groups excluding carboxylic acids is 1. The predicted octanol–water partition coefficient (Wildman–Crippen LogP) is 1.06. The SMILES string of the molecule is COC(C)(C)CC(C)NC(=O)C(N)C1CCOCC1. The average Bonchev–Trinajstić information content (AvgIpc) is 2.38. The number of carbonyl (C=O) groups is 1. The summed E-state index contributed by atoms with van der Waals surface area (Å²) in [6.45, 7) is 7.41. The Balaban J connectivity index is 2.40. The summed E-state index contributed by atoms with van der Waals surface area (Å²) in [5.41, 5.74) is 5.80. The molecule has 5 nitrogen and oxygen atoms in total. The third-order valence-corrected chi connectivity index (χ3v) is 3.82. The molecule has 1 rings (SSSR count). The molecule has 2 atom stereocenters. The van der Waals surface area contributed by atoms with Crippen molar-refractivity contribution >= 4 is 5.91 Å². The highest BCUT2D eigenvalue weighted by molar-refractivity contribution is 5.82. The Morgan fingerprint density at radius 1 is 1.47 bits per heavy atom. The molecule has 1 amide bonds. The zero-order valence-corrected chi connectivity index (χ0v) is 12.6. The lowest BCUT2D eigenvalue weighted by atomic mass is 9.91. The fourth-order valence-corrected chi connectivity index (χ4v) is 2.50. The summed E-state index contributed by atoms with van der Waals surface area (Å²) in [4.78, 5) is 12.1. The monoisotopic (exact) mass is 272 g/mol. The molecule has 0 aromatic carbocycles. The Bertz CT molecular complexity index is 288. The van der Waals surface area contributed by atoms with E-state index in [2.05, 4.69) is 5.32 Å². The van der Waals surface area contributed by atoms with Crippen LogP contribution in [0.2, 0.25) is 0 Å². The van der Waals surface area contributed by atoms with Crippen molar-refractivity contribution in [1.29, 1.82) is 0 Å². The number of nitrogens with one attached hydrogen (secondary N) is 1.